The molecule has 0 amide bonds. The van der Waals surface area contributed by atoms with Crippen LogP contribution in [0.25, 0.3) is 0 Å². The van der Waals surface area contributed by atoms with E-state index < -0.39 is 0 Å². The highest BCUT2D eigenvalue weighted by Crippen LogP contribution is 2.42. The molecule has 0 aromatic heterocycles. The highest BCUT2D eigenvalue weighted by molar-refractivity contribution is 9.09. The molecule has 0 aliphatic heterocycles. The van der Waals surface area contributed by atoms with Crippen LogP contribution in [-0.2, 0) is 0 Å². The minimum absolute atomic E-state index is 0.498. The van der Waals surface area contributed by atoms with Crippen LogP contribution in [0.2, 0.25) is 5.02 Å². The molecule has 0 saturated carbocycles. The van der Waals surface area contributed by atoms with Gasteiger partial charge in [0.1, 0.15) is 0 Å². The van der Waals surface area contributed by atoms with Crippen LogP contribution >= 0.6 is 27.5 Å². The number of fused-ring (bicyclic) bond motifs is 1. The summed E-state index contributed by atoms with van der Waals surface area (Å²) in [6.07, 6.45) is 2.49. The van der Waals surface area contributed by atoms with Gasteiger partial charge in [-0.3, -0.25) is 0 Å². The Hall–Kier alpha value is -0.0100. The molecular formula is C11H12BrCl. The van der Waals surface area contributed by atoms with Crippen molar-refractivity contribution in [2.45, 2.75) is 30.5 Å². The maximum Gasteiger partial charge on any atom is 0.0409 e. The molecule has 1 aromatic rings. The van der Waals surface area contributed by atoms with E-state index in [9.17, 15) is 0 Å². The largest absolute Gasteiger partial charge is 0.0843 e. The monoisotopic (exact) mass is 258 g/mol. The van der Waals surface area contributed by atoms with Crippen molar-refractivity contribution >= 4 is 27.5 Å². The first-order chi connectivity index (χ1) is 6.18. The summed E-state index contributed by atoms with van der Waals surface area (Å²) in [6.45, 7) is 2.28. The van der Waals surface area contributed by atoms with Gasteiger partial charge in [-0.25, -0.2) is 0 Å². The maximum absolute atomic E-state index is 5.97. The molecule has 1 aliphatic rings. The van der Waals surface area contributed by atoms with Gasteiger partial charge in [0.15, 0.2) is 0 Å². The fourth-order valence-electron chi connectivity index (χ4n) is 1.97. The Morgan fingerprint density at radius 1 is 1.31 bits per heavy atom. The highest BCUT2D eigenvalue weighted by Gasteiger charge is 2.22. The molecule has 0 spiro atoms. The van der Waals surface area contributed by atoms with Crippen LogP contribution in [0.4, 0.5) is 0 Å². The standard InChI is InChI=1S/C11H12BrCl/c1-7-2-5-11(12)10-6-8(13)3-4-9(7)10/h3-4,6-7,11H,2,5H2,1H3. The van der Waals surface area contributed by atoms with Gasteiger partial charge in [-0.05, 0) is 42.0 Å². The first-order valence-corrected chi connectivity index (χ1v) is 5.91. The zero-order valence-corrected chi connectivity index (χ0v) is 9.90. The Labute approximate surface area is 92.4 Å². The number of benzene rings is 1. The number of alkyl halides is 1. The normalized spacial score (nSPS) is 27.0. The molecule has 2 atom stereocenters. The van der Waals surface area contributed by atoms with Crippen LogP contribution in [0.15, 0.2) is 18.2 Å². The third-order valence-corrected chi connectivity index (χ3v) is 3.96. The smallest absolute Gasteiger partial charge is 0.0409 e. The zero-order valence-electron chi connectivity index (χ0n) is 7.56. The van der Waals surface area contributed by atoms with Crippen molar-refractivity contribution in [3.63, 3.8) is 0 Å². The maximum atomic E-state index is 5.97. The van der Waals surface area contributed by atoms with E-state index in [1.54, 1.807) is 0 Å². The van der Waals surface area contributed by atoms with Gasteiger partial charge >= 0.3 is 0 Å². The molecule has 2 rings (SSSR count). The van der Waals surface area contributed by atoms with E-state index in [-0.39, 0.29) is 0 Å². The molecular weight excluding hydrogens is 247 g/mol. The van der Waals surface area contributed by atoms with Crippen molar-refractivity contribution < 1.29 is 0 Å². The summed E-state index contributed by atoms with van der Waals surface area (Å²) in [5.74, 6) is 0.682. The Balaban J connectivity index is 2.50. The second kappa shape index (κ2) is 3.62. The fraction of sp³-hybridized carbons (Fsp3) is 0.455. The number of hydrogen-bond donors (Lipinski definition) is 0. The average Bonchev–Trinajstić information content (AvgIpc) is 2.12. The minimum Gasteiger partial charge on any atom is -0.0843 e. The Morgan fingerprint density at radius 3 is 2.85 bits per heavy atom. The average molecular weight is 260 g/mol. The van der Waals surface area contributed by atoms with Crippen molar-refractivity contribution in [2.24, 2.45) is 0 Å². The van der Waals surface area contributed by atoms with Gasteiger partial charge in [0, 0.05) is 9.85 Å². The molecule has 1 aromatic carbocycles. The Bertz CT molecular complexity index is 322. The topological polar surface area (TPSA) is 0 Å². The van der Waals surface area contributed by atoms with Crippen molar-refractivity contribution in [3.8, 4) is 0 Å². The summed E-state index contributed by atoms with van der Waals surface area (Å²) in [7, 11) is 0. The summed E-state index contributed by atoms with van der Waals surface area (Å²) >= 11 is 9.66. The fourth-order valence-corrected chi connectivity index (χ4v) is 2.81. The molecule has 0 radical (unpaired) electrons. The molecule has 0 bridgehead atoms. The van der Waals surface area contributed by atoms with Crippen LogP contribution < -0.4 is 0 Å². The van der Waals surface area contributed by atoms with E-state index >= 15 is 0 Å². The summed E-state index contributed by atoms with van der Waals surface area (Å²) in [5.41, 5.74) is 2.84. The molecule has 2 unspecified atom stereocenters. The second-order valence-electron chi connectivity index (χ2n) is 3.72. The lowest BCUT2D eigenvalue weighted by molar-refractivity contribution is 0.587. The summed E-state index contributed by atoms with van der Waals surface area (Å²) < 4.78 is 0. The van der Waals surface area contributed by atoms with Crippen molar-refractivity contribution in [1.29, 1.82) is 0 Å². The second-order valence-corrected chi connectivity index (χ2v) is 5.26. The van der Waals surface area contributed by atoms with Gasteiger partial charge in [-0.1, -0.05) is 40.5 Å². The number of rotatable bonds is 0. The predicted molar refractivity (Wildman–Crippen MR) is 60.8 cm³/mol. The van der Waals surface area contributed by atoms with Crippen molar-refractivity contribution in [1.82, 2.24) is 0 Å². The van der Waals surface area contributed by atoms with Crippen LogP contribution in [-0.4, -0.2) is 0 Å². The van der Waals surface area contributed by atoms with Gasteiger partial charge < -0.3 is 0 Å². The Kier molecular flexibility index (Phi) is 2.66. The molecule has 1 aliphatic carbocycles. The van der Waals surface area contributed by atoms with Crippen LogP contribution in [0.5, 0.6) is 0 Å². The quantitative estimate of drug-likeness (QED) is 0.594. The van der Waals surface area contributed by atoms with E-state index in [1.165, 1.54) is 24.0 Å². The van der Waals surface area contributed by atoms with Crippen molar-refractivity contribution in [2.75, 3.05) is 0 Å². The lowest BCUT2D eigenvalue weighted by Crippen LogP contribution is -2.08. The van der Waals surface area contributed by atoms with E-state index in [2.05, 4.69) is 35.0 Å². The molecule has 0 saturated heterocycles. The zero-order chi connectivity index (χ0) is 9.42. The van der Waals surface area contributed by atoms with Gasteiger partial charge in [0.25, 0.3) is 0 Å². The lowest BCUT2D eigenvalue weighted by atomic mass is 9.84. The molecule has 0 heterocycles. The molecule has 0 N–H and O–H groups in total. The van der Waals surface area contributed by atoms with E-state index in [0.29, 0.717) is 10.7 Å². The summed E-state index contributed by atoms with van der Waals surface area (Å²) in [6, 6.07) is 6.24. The van der Waals surface area contributed by atoms with E-state index in [4.69, 9.17) is 11.6 Å². The molecule has 13 heavy (non-hydrogen) atoms. The lowest BCUT2D eigenvalue weighted by Gasteiger charge is -2.26. The molecule has 70 valence electrons. The van der Waals surface area contributed by atoms with E-state index in [1.807, 2.05) is 6.07 Å². The Morgan fingerprint density at radius 2 is 2.08 bits per heavy atom. The molecule has 0 fully saturated rings. The first kappa shape index (κ1) is 9.54. The van der Waals surface area contributed by atoms with Gasteiger partial charge in [-0.15, -0.1) is 0 Å². The van der Waals surface area contributed by atoms with Crippen LogP contribution in [0.3, 0.4) is 0 Å². The SMILES string of the molecule is CC1CCC(Br)c2cc(Cl)ccc21. The number of halogens is 2. The summed E-state index contributed by atoms with van der Waals surface area (Å²) in [4.78, 5) is 0.498. The predicted octanol–water partition coefficient (Wildman–Crippen LogP) is 4.67. The highest BCUT2D eigenvalue weighted by atomic mass is 79.9. The third kappa shape index (κ3) is 1.77. The molecule has 2 heteroatoms. The van der Waals surface area contributed by atoms with Gasteiger partial charge in [0.2, 0.25) is 0 Å². The van der Waals surface area contributed by atoms with E-state index in [0.717, 1.165) is 5.02 Å². The summed E-state index contributed by atoms with van der Waals surface area (Å²) in [5, 5.41) is 0.845. The van der Waals surface area contributed by atoms with Crippen LogP contribution in [0.1, 0.15) is 41.6 Å². The van der Waals surface area contributed by atoms with Gasteiger partial charge in [0.05, 0.1) is 0 Å². The third-order valence-electron chi connectivity index (χ3n) is 2.77. The minimum atomic E-state index is 0.498. The molecule has 0 nitrogen and oxygen atoms in total. The number of hydrogen-bond acceptors (Lipinski definition) is 0. The first-order valence-electron chi connectivity index (χ1n) is 4.62. The van der Waals surface area contributed by atoms with Crippen LogP contribution in [0, 0.1) is 0 Å². The van der Waals surface area contributed by atoms with Crippen molar-refractivity contribution in [3.05, 3.63) is 34.3 Å². The van der Waals surface area contributed by atoms with Gasteiger partial charge in [-0.2, -0.15) is 0 Å².